The fourth-order valence-electron chi connectivity index (χ4n) is 2.97. The van der Waals surface area contributed by atoms with Crippen LogP contribution in [-0.4, -0.2) is 29.8 Å². The minimum atomic E-state index is 0.832. The summed E-state index contributed by atoms with van der Waals surface area (Å²) in [5.74, 6) is 1.80. The second kappa shape index (κ2) is 6.32. The largest absolute Gasteiger partial charge is 0.497 e. The van der Waals surface area contributed by atoms with Crippen LogP contribution in [0.25, 0.3) is 22.4 Å². The van der Waals surface area contributed by atoms with E-state index >= 15 is 0 Å². The highest BCUT2D eigenvalue weighted by molar-refractivity contribution is 5.82. The lowest BCUT2D eigenvalue weighted by molar-refractivity contribution is 0.415. The molecule has 0 aliphatic heterocycles. The molecule has 0 aliphatic rings. The third kappa shape index (κ3) is 2.77. The Bertz CT molecular complexity index is 801. The lowest BCUT2D eigenvalue weighted by atomic mass is 10.2. The molecular formula is C19H23N3O. The molecule has 4 nitrogen and oxygen atoms in total. The van der Waals surface area contributed by atoms with E-state index in [1.54, 1.807) is 7.11 Å². The number of hydrogen-bond acceptors (Lipinski definition) is 3. The highest BCUT2D eigenvalue weighted by atomic mass is 16.5. The Morgan fingerprint density at radius 3 is 2.35 bits per heavy atom. The molecular weight excluding hydrogens is 286 g/mol. The molecule has 120 valence electrons. The van der Waals surface area contributed by atoms with Gasteiger partial charge in [-0.15, -0.1) is 0 Å². The Morgan fingerprint density at radius 2 is 1.74 bits per heavy atom. The van der Waals surface area contributed by atoms with Crippen molar-refractivity contribution >= 4 is 16.7 Å². The maximum absolute atomic E-state index is 5.29. The van der Waals surface area contributed by atoms with Gasteiger partial charge in [-0.05, 0) is 50.2 Å². The summed E-state index contributed by atoms with van der Waals surface area (Å²) in [6.45, 7) is 6.39. The van der Waals surface area contributed by atoms with Crippen LogP contribution in [0.4, 0.5) is 5.69 Å². The molecule has 3 aromatic rings. The van der Waals surface area contributed by atoms with Crippen molar-refractivity contribution in [2.75, 3.05) is 25.1 Å². The van der Waals surface area contributed by atoms with Gasteiger partial charge >= 0.3 is 0 Å². The first-order valence-corrected chi connectivity index (χ1v) is 8.03. The van der Waals surface area contributed by atoms with E-state index in [0.717, 1.165) is 41.3 Å². The lowest BCUT2D eigenvalue weighted by Crippen LogP contribution is -2.21. The normalized spacial score (nSPS) is 11.0. The number of nitrogens with zero attached hydrogens (tertiary/aromatic N) is 3. The molecule has 23 heavy (non-hydrogen) atoms. The fraction of sp³-hybridized carbons (Fsp3) is 0.316. The Kier molecular flexibility index (Phi) is 4.24. The van der Waals surface area contributed by atoms with Crippen LogP contribution in [0.15, 0.2) is 42.5 Å². The van der Waals surface area contributed by atoms with Gasteiger partial charge in [-0.2, -0.15) is 0 Å². The molecule has 0 atom stereocenters. The third-order valence-corrected chi connectivity index (χ3v) is 4.34. The highest BCUT2D eigenvalue weighted by Gasteiger charge is 2.11. The molecule has 1 heterocycles. The number of fused-ring (bicyclic) bond motifs is 1. The van der Waals surface area contributed by atoms with E-state index in [9.17, 15) is 0 Å². The van der Waals surface area contributed by atoms with Crippen molar-refractivity contribution in [3.05, 3.63) is 42.5 Å². The summed E-state index contributed by atoms with van der Waals surface area (Å²) in [7, 11) is 3.73. The number of aromatic nitrogens is 2. The van der Waals surface area contributed by atoms with Crippen molar-refractivity contribution in [3.63, 3.8) is 0 Å². The van der Waals surface area contributed by atoms with Gasteiger partial charge in [-0.1, -0.05) is 0 Å². The van der Waals surface area contributed by atoms with E-state index in [1.807, 2.05) is 12.1 Å². The second-order valence-electron chi connectivity index (χ2n) is 5.57. The van der Waals surface area contributed by atoms with Crippen LogP contribution in [0.5, 0.6) is 5.75 Å². The van der Waals surface area contributed by atoms with Crippen molar-refractivity contribution < 1.29 is 4.74 Å². The Labute approximate surface area is 137 Å². The maximum atomic E-state index is 5.29. The number of hydrogen-bond donors (Lipinski definition) is 0. The molecule has 0 spiro atoms. The molecule has 0 N–H and O–H groups in total. The van der Waals surface area contributed by atoms with Gasteiger partial charge in [0.05, 0.1) is 18.1 Å². The summed E-state index contributed by atoms with van der Waals surface area (Å²) < 4.78 is 7.42. The number of rotatable bonds is 5. The van der Waals surface area contributed by atoms with E-state index in [2.05, 4.69) is 60.7 Å². The van der Waals surface area contributed by atoms with Gasteiger partial charge in [0, 0.05) is 37.5 Å². The van der Waals surface area contributed by atoms with Gasteiger partial charge < -0.3 is 14.2 Å². The quantitative estimate of drug-likeness (QED) is 0.711. The minimum Gasteiger partial charge on any atom is -0.497 e. The lowest BCUT2D eigenvalue weighted by Gasteiger charge is -2.21. The summed E-state index contributed by atoms with van der Waals surface area (Å²) in [5, 5.41) is 0. The smallest absolute Gasteiger partial charge is 0.140 e. The van der Waals surface area contributed by atoms with Crippen molar-refractivity contribution in [2.45, 2.75) is 13.8 Å². The van der Waals surface area contributed by atoms with Crippen molar-refractivity contribution in [1.29, 1.82) is 0 Å². The number of aryl methyl sites for hydroxylation is 1. The van der Waals surface area contributed by atoms with E-state index in [0.29, 0.717) is 0 Å². The summed E-state index contributed by atoms with van der Waals surface area (Å²) in [4.78, 5) is 7.11. The molecule has 0 saturated carbocycles. The predicted octanol–water partition coefficient (Wildman–Crippen LogP) is 4.10. The molecule has 2 aromatic carbocycles. The van der Waals surface area contributed by atoms with Crippen LogP contribution in [0.1, 0.15) is 13.8 Å². The fourth-order valence-corrected chi connectivity index (χ4v) is 2.97. The zero-order valence-corrected chi connectivity index (χ0v) is 14.2. The number of anilines is 1. The van der Waals surface area contributed by atoms with Gasteiger partial charge in [0.1, 0.15) is 11.6 Å². The Balaban J connectivity index is 2.01. The molecule has 0 saturated heterocycles. The SMILES string of the molecule is CCN(CC)c1ccc(-c2nc3cc(OC)ccc3n2C)cc1. The number of imidazole rings is 1. The van der Waals surface area contributed by atoms with Crippen LogP contribution < -0.4 is 9.64 Å². The molecule has 0 amide bonds. The summed E-state index contributed by atoms with van der Waals surface area (Å²) in [5.41, 5.74) is 4.43. The van der Waals surface area contributed by atoms with E-state index in [4.69, 9.17) is 9.72 Å². The average molecular weight is 309 g/mol. The summed E-state index contributed by atoms with van der Waals surface area (Å²) >= 11 is 0. The van der Waals surface area contributed by atoms with Crippen LogP contribution in [0.2, 0.25) is 0 Å². The first-order chi connectivity index (χ1) is 11.2. The van der Waals surface area contributed by atoms with Crippen LogP contribution in [0, 0.1) is 0 Å². The van der Waals surface area contributed by atoms with Crippen molar-refractivity contribution in [1.82, 2.24) is 9.55 Å². The van der Waals surface area contributed by atoms with Gasteiger partial charge in [-0.25, -0.2) is 4.98 Å². The van der Waals surface area contributed by atoms with Gasteiger partial charge in [0.2, 0.25) is 0 Å². The summed E-state index contributed by atoms with van der Waals surface area (Å²) in [6, 6.07) is 14.6. The minimum absolute atomic E-state index is 0.832. The monoisotopic (exact) mass is 309 g/mol. The molecule has 0 unspecified atom stereocenters. The third-order valence-electron chi connectivity index (χ3n) is 4.34. The summed E-state index contributed by atoms with van der Waals surface area (Å²) in [6.07, 6.45) is 0. The molecule has 0 aliphatic carbocycles. The van der Waals surface area contributed by atoms with Crippen molar-refractivity contribution in [3.8, 4) is 17.1 Å². The first kappa shape index (κ1) is 15.4. The van der Waals surface area contributed by atoms with Gasteiger partial charge in [0.25, 0.3) is 0 Å². The zero-order chi connectivity index (χ0) is 16.4. The number of ether oxygens (including phenoxy) is 1. The van der Waals surface area contributed by atoms with E-state index in [1.165, 1.54) is 5.69 Å². The molecule has 0 radical (unpaired) electrons. The number of methoxy groups -OCH3 is 1. The molecule has 1 aromatic heterocycles. The molecule has 4 heteroatoms. The zero-order valence-electron chi connectivity index (χ0n) is 14.2. The Hall–Kier alpha value is -2.49. The first-order valence-electron chi connectivity index (χ1n) is 8.03. The van der Waals surface area contributed by atoms with E-state index in [-0.39, 0.29) is 0 Å². The standard InChI is InChI=1S/C19H23N3O/c1-5-22(6-2)15-9-7-14(8-10-15)19-20-17-13-16(23-4)11-12-18(17)21(19)3/h7-13H,5-6H2,1-4H3. The van der Waals surface area contributed by atoms with Crippen LogP contribution in [-0.2, 0) is 7.05 Å². The molecule has 0 fully saturated rings. The number of benzene rings is 2. The maximum Gasteiger partial charge on any atom is 0.140 e. The molecule has 3 rings (SSSR count). The average Bonchev–Trinajstić information content (AvgIpc) is 2.93. The van der Waals surface area contributed by atoms with Gasteiger partial charge in [0.15, 0.2) is 0 Å². The Morgan fingerprint density at radius 1 is 1.04 bits per heavy atom. The topological polar surface area (TPSA) is 30.3 Å². The predicted molar refractivity (Wildman–Crippen MR) is 96.3 cm³/mol. The highest BCUT2D eigenvalue weighted by Crippen LogP contribution is 2.27. The van der Waals surface area contributed by atoms with E-state index < -0.39 is 0 Å². The van der Waals surface area contributed by atoms with Crippen LogP contribution >= 0.6 is 0 Å². The molecule has 0 bridgehead atoms. The van der Waals surface area contributed by atoms with Gasteiger partial charge in [-0.3, -0.25) is 0 Å². The second-order valence-corrected chi connectivity index (χ2v) is 5.57. The van der Waals surface area contributed by atoms with Crippen LogP contribution in [0.3, 0.4) is 0 Å². The van der Waals surface area contributed by atoms with Crippen molar-refractivity contribution in [2.24, 2.45) is 7.05 Å².